The van der Waals surface area contributed by atoms with E-state index >= 15 is 0 Å². The highest BCUT2D eigenvalue weighted by molar-refractivity contribution is 5.95. The highest BCUT2D eigenvalue weighted by atomic mass is 16.5. The van der Waals surface area contributed by atoms with Crippen LogP contribution in [0.5, 0.6) is 0 Å². The van der Waals surface area contributed by atoms with Crippen molar-refractivity contribution in [1.82, 2.24) is 5.32 Å². The molecule has 182 valence electrons. The van der Waals surface area contributed by atoms with Crippen molar-refractivity contribution in [3.05, 3.63) is 89.0 Å². The van der Waals surface area contributed by atoms with E-state index in [2.05, 4.69) is 17.4 Å². The lowest BCUT2D eigenvalue weighted by Gasteiger charge is -2.20. The summed E-state index contributed by atoms with van der Waals surface area (Å²) in [5.74, 6) is -0.704. The van der Waals surface area contributed by atoms with Crippen molar-refractivity contribution >= 4 is 17.7 Å². The number of aliphatic hydroxyl groups is 2. The number of esters is 1. The van der Waals surface area contributed by atoms with Gasteiger partial charge in [0, 0.05) is 18.2 Å². The first-order chi connectivity index (χ1) is 16.9. The van der Waals surface area contributed by atoms with Crippen LogP contribution >= 0.6 is 0 Å². The summed E-state index contributed by atoms with van der Waals surface area (Å²) in [5, 5.41) is 23.4. The fraction of sp³-hybridized carbons (Fsp3) is 0.259. The van der Waals surface area contributed by atoms with Gasteiger partial charge in [-0.2, -0.15) is 0 Å². The van der Waals surface area contributed by atoms with Crippen LogP contribution in [0, 0.1) is 0 Å². The van der Waals surface area contributed by atoms with Crippen LogP contribution in [0.2, 0.25) is 0 Å². The quantitative estimate of drug-likeness (QED) is 0.290. The van der Waals surface area contributed by atoms with E-state index in [4.69, 9.17) is 15.2 Å². The zero-order chi connectivity index (χ0) is 24.9. The molecule has 1 aliphatic rings. The molecule has 3 aromatic carbocycles. The van der Waals surface area contributed by atoms with Crippen LogP contribution in [0.1, 0.15) is 46.0 Å². The van der Waals surface area contributed by atoms with Gasteiger partial charge in [0.2, 0.25) is 0 Å². The minimum Gasteiger partial charge on any atom is -0.462 e. The molecule has 0 aromatic heterocycles. The third-order valence-electron chi connectivity index (χ3n) is 6.08. The molecule has 0 saturated heterocycles. The molecule has 5 N–H and O–H groups in total. The third-order valence-corrected chi connectivity index (χ3v) is 6.08. The van der Waals surface area contributed by atoms with Crippen molar-refractivity contribution in [2.75, 3.05) is 25.5 Å². The molecule has 0 fully saturated rings. The average Bonchev–Trinajstić information content (AvgIpc) is 3.19. The first-order valence-electron chi connectivity index (χ1n) is 11.4. The normalized spacial score (nSPS) is 13.9. The van der Waals surface area contributed by atoms with Gasteiger partial charge in [-0.05, 0) is 46.9 Å². The number of alkyl carbamates (subject to hydrolysis) is 1. The van der Waals surface area contributed by atoms with E-state index in [1.165, 1.54) is 18.2 Å². The molecule has 4 rings (SSSR count). The number of nitrogens with two attached hydrogens (primary N) is 1. The summed E-state index contributed by atoms with van der Waals surface area (Å²) < 4.78 is 10.4. The Balaban J connectivity index is 1.34. The fourth-order valence-electron chi connectivity index (χ4n) is 4.31. The molecular formula is C27H28N2O6. The smallest absolute Gasteiger partial charge is 0.407 e. The maximum absolute atomic E-state index is 12.3. The van der Waals surface area contributed by atoms with E-state index < -0.39 is 24.3 Å². The second kappa shape index (κ2) is 10.6. The number of rotatable bonds is 8. The second-order valence-electron chi connectivity index (χ2n) is 8.29. The summed E-state index contributed by atoms with van der Waals surface area (Å²) in [5.41, 5.74) is 10.8. The van der Waals surface area contributed by atoms with Crippen molar-refractivity contribution in [2.45, 2.75) is 25.0 Å². The Hall–Kier alpha value is -3.88. The van der Waals surface area contributed by atoms with Gasteiger partial charge in [-0.3, -0.25) is 0 Å². The number of ether oxygens (including phenoxy) is 2. The summed E-state index contributed by atoms with van der Waals surface area (Å²) in [7, 11) is 0. The summed E-state index contributed by atoms with van der Waals surface area (Å²) in [4.78, 5) is 24.4. The SMILES string of the molecule is CCOC(=O)c1cc(C(O)C(O)CNC(=O)OCC2c3ccccc3-c3ccccc32)ccc1N. The van der Waals surface area contributed by atoms with Gasteiger partial charge in [0.15, 0.2) is 0 Å². The van der Waals surface area contributed by atoms with Gasteiger partial charge in [-0.25, -0.2) is 9.59 Å². The molecule has 0 bridgehead atoms. The number of amides is 1. The summed E-state index contributed by atoms with van der Waals surface area (Å²) in [6, 6.07) is 20.4. The number of nitrogen functional groups attached to an aromatic ring is 1. The summed E-state index contributed by atoms with van der Waals surface area (Å²) >= 11 is 0. The van der Waals surface area contributed by atoms with Crippen LogP contribution in [0.4, 0.5) is 10.5 Å². The number of fused-ring (bicyclic) bond motifs is 3. The molecule has 0 spiro atoms. The number of benzene rings is 3. The van der Waals surface area contributed by atoms with Gasteiger partial charge in [0.05, 0.1) is 12.2 Å². The predicted octanol–water partition coefficient (Wildman–Crippen LogP) is 3.38. The van der Waals surface area contributed by atoms with E-state index in [0.29, 0.717) is 0 Å². The van der Waals surface area contributed by atoms with Crippen molar-refractivity contribution < 1.29 is 29.3 Å². The molecule has 2 unspecified atom stereocenters. The highest BCUT2D eigenvalue weighted by Crippen LogP contribution is 2.44. The van der Waals surface area contributed by atoms with Crippen LogP contribution in [0.25, 0.3) is 11.1 Å². The predicted molar refractivity (Wildman–Crippen MR) is 131 cm³/mol. The van der Waals surface area contributed by atoms with Crippen molar-refractivity contribution in [1.29, 1.82) is 0 Å². The van der Waals surface area contributed by atoms with Gasteiger partial charge in [0.25, 0.3) is 0 Å². The maximum atomic E-state index is 12.3. The molecule has 3 aromatic rings. The fourth-order valence-corrected chi connectivity index (χ4v) is 4.31. The van der Waals surface area contributed by atoms with Gasteiger partial charge >= 0.3 is 12.1 Å². The lowest BCUT2D eigenvalue weighted by atomic mass is 9.98. The lowest BCUT2D eigenvalue weighted by Crippen LogP contribution is -2.36. The molecule has 2 atom stereocenters. The Bertz CT molecular complexity index is 1180. The zero-order valence-corrected chi connectivity index (χ0v) is 19.3. The summed E-state index contributed by atoms with van der Waals surface area (Å²) in [6.07, 6.45) is -3.41. The Labute approximate surface area is 203 Å². The van der Waals surface area contributed by atoms with E-state index in [-0.39, 0.29) is 42.5 Å². The van der Waals surface area contributed by atoms with Gasteiger partial charge in [-0.15, -0.1) is 0 Å². The van der Waals surface area contributed by atoms with E-state index in [9.17, 15) is 19.8 Å². The van der Waals surface area contributed by atoms with E-state index in [0.717, 1.165) is 22.3 Å². The van der Waals surface area contributed by atoms with Crippen LogP contribution in [-0.2, 0) is 9.47 Å². The zero-order valence-electron chi connectivity index (χ0n) is 19.3. The van der Waals surface area contributed by atoms with Gasteiger partial charge in [0.1, 0.15) is 18.8 Å². The van der Waals surface area contributed by atoms with Crippen molar-refractivity contribution in [3.63, 3.8) is 0 Å². The van der Waals surface area contributed by atoms with E-state index in [1.807, 2.05) is 36.4 Å². The number of hydrogen-bond acceptors (Lipinski definition) is 7. The number of anilines is 1. The first kappa shape index (κ1) is 24.3. The maximum Gasteiger partial charge on any atom is 0.407 e. The standard InChI is InChI=1S/C27H28N2O6/c1-2-34-26(32)21-13-16(11-12-23(21)28)25(31)24(30)14-29-27(33)35-15-22-19-9-5-3-7-17(19)18-8-4-6-10-20(18)22/h3-13,22,24-25,30-31H,2,14-15,28H2,1H3,(H,29,33). The molecule has 8 heteroatoms. The Morgan fingerprint density at radius 3 is 2.23 bits per heavy atom. The number of nitrogens with one attached hydrogen (secondary N) is 1. The van der Waals surface area contributed by atoms with Crippen LogP contribution in [0.15, 0.2) is 66.7 Å². The Morgan fingerprint density at radius 1 is 0.971 bits per heavy atom. The Kier molecular flexibility index (Phi) is 7.33. The summed E-state index contributed by atoms with van der Waals surface area (Å²) in [6.45, 7) is 1.74. The Morgan fingerprint density at radius 2 is 1.60 bits per heavy atom. The number of hydrogen-bond donors (Lipinski definition) is 4. The first-order valence-corrected chi connectivity index (χ1v) is 11.4. The highest BCUT2D eigenvalue weighted by Gasteiger charge is 2.29. The van der Waals surface area contributed by atoms with Gasteiger partial charge < -0.3 is 30.7 Å². The second-order valence-corrected chi connectivity index (χ2v) is 8.29. The molecule has 0 aliphatic heterocycles. The molecule has 35 heavy (non-hydrogen) atoms. The van der Waals surface area contributed by atoms with Crippen molar-refractivity contribution in [3.8, 4) is 11.1 Å². The molecule has 0 heterocycles. The minimum absolute atomic E-state index is 0.0836. The molecule has 1 aliphatic carbocycles. The lowest BCUT2D eigenvalue weighted by molar-refractivity contribution is 0.0184. The molecular weight excluding hydrogens is 448 g/mol. The van der Waals surface area contributed by atoms with Gasteiger partial charge in [-0.1, -0.05) is 54.6 Å². The number of aliphatic hydroxyl groups excluding tert-OH is 2. The molecule has 0 radical (unpaired) electrons. The molecule has 8 nitrogen and oxygen atoms in total. The third kappa shape index (κ3) is 5.13. The largest absolute Gasteiger partial charge is 0.462 e. The number of carbonyl (C=O) groups is 2. The minimum atomic E-state index is -1.36. The topological polar surface area (TPSA) is 131 Å². The van der Waals surface area contributed by atoms with E-state index in [1.54, 1.807) is 6.92 Å². The number of carbonyl (C=O) groups excluding carboxylic acids is 2. The van der Waals surface area contributed by atoms with Crippen LogP contribution in [-0.4, -0.2) is 48.1 Å². The van der Waals surface area contributed by atoms with Crippen LogP contribution in [0.3, 0.4) is 0 Å². The molecule has 1 amide bonds. The van der Waals surface area contributed by atoms with Crippen LogP contribution < -0.4 is 11.1 Å². The van der Waals surface area contributed by atoms with Crippen molar-refractivity contribution in [2.24, 2.45) is 0 Å². The monoisotopic (exact) mass is 476 g/mol. The molecule has 0 saturated carbocycles. The average molecular weight is 477 g/mol.